The van der Waals surface area contributed by atoms with E-state index in [1.54, 1.807) is 0 Å². The fourth-order valence-corrected chi connectivity index (χ4v) is 2.34. The van der Waals surface area contributed by atoms with Gasteiger partial charge in [-0.05, 0) is 5.69 Å². The molecular weight excluding hydrogens is 335 g/mol. The maximum atomic E-state index is 11.7. The van der Waals surface area contributed by atoms with Crippen molar-refractivity contribution in [2.45, 2.75) is 0 Å². The zero-order valence-electron chi connectivity index (χ0n) is 10.2. The van der Waals surface area contributed by atoms with E-state index >= 15 is 0 Å². The SMILES string of the molecule is O=C(Nc1nc(-c2ccccc2)[c-]s1)C1CNC1.[Y]. The van der Waals surface area contributed by atoms with Gasteiger partial charge in [0, 0.05) is 45.8 Å². The summed E-state index contributed by atoms with van der Waals surface area (Å²) in [6.45, 7) is 1.51. The molecule has 2 heterocycles. The fourth-order valence-electron chi connectivity index (χ4n) is 1.70. The molecule has 0 saturated carbocycles. The van der Waals surface area contributed by atoms with Gasteiger partial charge in [0.2, 0.25) is 5.91 Å². The molecule has 95 valence electrons. The molecular formula is C13H12N3OSY-. The first kappa shape index (κ1) is 14.8. The second kappa shape index (κ2) is 6.70. The molecule has 1 aliphatic heterocycles. The van der Waals surface area contributed by atoms with Crippen molar-refractivity contribution in [2.75, 3.05) is 18.4 Å². The molecule has 1 aromatic heterocycles. The summed E-state index contributed by atoms with van der Waals surface area (Å²) in [7, 11) is 0. The summed E-state index contributed by atoms with van der Waals surface area (Å²) in [5, 5.41) is 9.62. The van der Waals surface area contributed by atoms with Crippen LogP contribution in [0.2, 0.25) is 0 Å². The maximum Gasteiger partial charge on any atom is 0.220 e. The predicted molar refractivity (Wildman–Crippen MR) is 71.4 cm³/mol. The minimum absolute atomic E-state index is 0. The van der Waals surface area contributed by atoms with E-state index in [0.29, 0.717) is 5.13 Å². The van der Waals surface area contributed by atoms with Gasteiger partial charge < -0.3 is 15.6 Å². The van der Waals surface area contributed by atoms with Crippen molar-refractivity contribution >= 4 is 22.4 Å². The predicted octanol–water partition coefficient (Wildman–Crippen LogP) is 1.77. The van der Waals surface area contributed by atoms with Crippen LogP contribution in [0.1, 0.15) is 0 Å². The maximum absolute atomic E-state index is 11.7. The van der Waals surface area contributed by atoms with E-state index in [2.05, 4.69) is 21.0 Å². The van der Waals surface area contributed by atoms with Crippen molar-refractivity contribution in [3.05, 3.63) is 35.7 Å². The second-order valence-electron chi connectivity index (χ2n) is 4.18. The fraction of sp³-hybridized carbons (Fsp3) is 0.231. The van der Waals surface area contributed by atoms with Crippen molar-refractivity contribution in [3.63, 3.8) is 0 Å². The molecule has 1 fully saturated rings. The molecule has 1 aromatic carbocycles. The second-order valence-corrected chi connectivity index (χ2v) is 4.98. The molecule has 0 aliphatic carbocycles. The summed E-state index contributed by atoms with van der Waals surface area (Å²) in [4.78, 5) is 16.1. The molecule has 19 heavy (non-hydrogen) atoms. The zero-order valence-corrected chi connectivity index (χ0v) is 13.9. The average Bonchev–Trinajstić information content (AvgIpc) is 2.76. The van der Waals surface area contributed by atoms with Crippen LogP contribution in [-0.2, 0) is 37.5 Å². The molecule has 4 nitrogen and oxygen atoms in total. The van der Waals surface area contributed by atoms with Crippen LogP contribution in [0.5, 0.6) is 0 Å². The number of hydrogen-bond donors (Lipinski definition) is 2. The van der Waals surface area contributed by atoms with Crippen LogP contribution in [0.4, 0.5) is 5.13 Å². The molecule has 0 unspecified atom stereocenters. The summed E-state index contributed by atoms with van der Waals surface area (Å²) >= 11 is 1.34. The Hall–Kier alpha value is -0.616. The molecule has 6 heteroatoms. The number of carbonyl (C=O) groups excluding carboxylic acids is 1. The Morgan fingerprint density at radius 1 is 1.37 bits per heavy atom. The average molecular weight is 347 g/mol. The number of nitrogens with zero attached hydrogens (tertiary/aromatic N) is 1. The monoisotopic (exact) mass is 347 g/mol. The summed E-state index contributed by atoms with van der Waals surface area (Å²) in [5.74, 6) is 0.116. The Morgan fingerprint density at radius 3 is 2.74 bits per heavy atom. The van der Waals surface area contributed by atoms with Crippen molar-refractivity contribution in [1.29, 1.82) is 0 Å². The standard InChI is InChI=1S/C13H12N3OS.Y/c17-12(10-6-14-7-10)16-13-15-11(8-18-13)9-4-2-1-3-5-9;/h1-5,10,14H,6-7H2,(H,15,16,17);/q-1;. The van der Waals surface area contributed by atoms with E-state index in [0.717, 1.165) is 24.3 Å². The summed E-state index contributed by atoms with van der Waals surface area (Å²) in [6.07, 6.45) is 0. The molecule has 1 radical (unpaired) electrons. The van der Waals surface area contributed by atoms with Crippen molar-refractivity contribution in [2.24, 2.45) is 5.92 Å². The molecule has 1 saturated heterocycles. The number of aromatic nitrogens is 1. The number of carbonyl (C=O) groups is 1. The van der Waals surface area contributed by atoms with Gasteiger partial charge in [-0.25, -0.2) is 11.3 Å². The van der Waals surface area contributed by atoms with Gasteiger partial charge in [-0.2, -0.15) is 0 Å². The Balaban J connectivity index is 0.00000133. The normalized spacial score (nSPS) is 14.3. The Kier molecular flexibility index (Phi) is 5.22. The number of nitrogens with one attached hydrogen (secondary N) is 2. The van der Waals surface area contributed by atoms with Gasteiger partial charge in [0.1, 0.15) is 0 Å². The molecule has 0 bridgehead atoms. The van der Waals surface area contributed by atoms with Crippen LogP contribution < -0.4 is 10.6 Å². The number of anilines is 1. The molecule has 0 atom stereocenters. The summed E-state index contributed by atoms with van der Waals surface area (Å²) in [5.41, 5.74) is 1.79. The van der Waals surface area contributed by atoms with Crippen LogP contribution in [-0.4, -0.2) is 24.0 Å². The van der Waals surface area contributed by atoms with E-state index in [-0.39, 0.29) is 44.5 Å². The van der Waals surface area contributed by atoms with Crippen LogP contribution in [0.25, 0.3) is 11.3 Å². The van der Waals surface area contributed by atoms with Gasteiger partial charge in [-0.1, -0.05) is 29.1 Å². The summed E-state index contributed by atoms with van der Waals surface area (Å²) < 4.78 is 0. The minimum Gasteiger partial charge on any atom is -0.354 e. The topological polar surface area (TPSA) is 54.0 Å². The molecule has 1 amide bonds. The molecule has 3 rings (SSSR count). The Labute approximate surface area is 140 Å². The van der Waals surface area contributed by atoms with Crippen LogP contribution >= 0.6 is 11.3 Å². The van der Waals surface area contributed by atoms with Gasteiger partial charge in [-0.15, -0.1) is 12.1 Å². The smallest absolute Gasteiger partial charge is 0.220 e. The number of benzene rings is 1. The molecule has 1 aliphatic rings. The van der Waals surface area contributed by atoms with Gasteiger partial charge in [0.05, 0.1) is 11.0 Å². The van der Waals surface area contributed by atoms with Crippen LogP contribution in [0, 0.1) is 11.3 Å². The van der Waals surface area contributed by atoms with Gasteiger partial charge in [0.25, 0.3) is 0 Å². The Morgan fingerprint density at radius 2 is 2.11 bits per heavy atom. The molecule has 0 spiro atoms. The summed E-state index contributed by atoms with van der Waals surface area (Å²) in [6, 6.07) is 9.84. The van der Waals surface area contributed by atoms with Crippen molar-refractivity contribution in [3.8, 4) is 11.3 Å². The van der Waals surface area contributed by atoms with Gasteiger partial charge >= 0.3 is 0 Å². The zero-order chi connectivity index (χ0) is 12.4. The largest absolute Gasteiger partial charge is 0.354 e. The van der Waals surface area contributed by atoms with Crippen molar-refractivity contribution in [1.82, 2.24) is 10.3 Å². The van der Waals surface area contributed by atoms with E-state index in [1.807, 2.05) is 30.3 Å². The van der Waals surface area contributed by atoms with Crippen LogP contribution in [0.3, 0.4) is 0 Å². The minimum atomic E-state index is 0. The third kappa shape index (κ3) is 3.48. The number of amides is 1. The first-order chi connectivity index (χ1) is 8.83. The quantitative estimate of drug-likeness (QED) is 0.832. The third-order valence-corrected chi connectivity index (χ3v) is 3.57. The molecule has 2 N–H and O–H groups in total. The Bertz CT molecular complexity index is 554. The number of rotatable bonds is 3. The van der Waals surface area contributed by atoms with Gasteiger partial charge in [-0.3, -0.25) is 4.79 Å². The van der Waals surface area contributed by atoms with E-state index < -0.39 is 0 Å². The first-order valence-electron chi connectivity index (χ1n) is 5.78. The number of thiazole rings is 1. The first-order valence-corrected chi connectivity index (χ1v) is 6.60. The van der Waals surface area contributed by atoms with Gasteiger partial charge in [0.15, 0.2) is 0 Å². The van der Waals surface area contributed by atoms with E-state index in [4.69, 9.17) is 0 Å². The van der Waals surface area contributed by atoms with Crippen LogP contribution in [0.15, 0.2) is 30.3 Å². The number of hydrogen-bond acceptors (Lipinski definition) is 4. The molecule has 2 aromatic rings. The van der Waals surface area contributed by atoms with E-state index in [9.17, 15) is 4.79 Å². The third-order valence-electron chi connectivity index (χ3n) is 2.89. The van der Waals surface area contributed by atoms with E-state index in [1.165, 1.54) is 11.3 Å². The van der Waals surface area contributed by atoms with Crippen molar-refractivity contribution < 1.29 is 37.5 Å².